The molecule has 23 heavy (non-hydrogen) atoms. The predicted octanol–water partition coefficient (Wildman–Crippen LogP) is 2.35. The van der Waals surface area contributed by atoms with Gasteiger partial charge in [-0.15, -0.1) is 33.3 Å². The summed E-state index contributed by atoms with van der Waals surface area (Å²) < 4.78 is 1.87. The van der Waals surface area contributed by atoms with Crippen LogP contribution in [0.15, 0.2) is 23.6 Å². The maximum absolute atomic E-state index is 11.9. The lowest BCUT2D eigenvalue weighted by Gasteiger charge is -2.06. The lowest BCUT2D eigenvalue weighted by molar-refractivity contribution is -0.118. The normalized spacial score (nSPS) is 11.0. The van der Waals surface area contributed by atoms with Crippen LogP contribution < -0.4 is 5.32 Å². The zero-order valence-electron chi connectivity index (χ0n) is 12.9. The van der Waals surface area contributed by atoms with Gasteiger partial charge < -0.3 is 5.32 Å². The third kappa shape index (κ3) is 3.89. The molecule has 0 aliphatic carbocycles. The lowest BCUT2D eigenvalue weighted by Crippen LogP contribution is -2.26. The van der Waals surface area contributed by atoms with E-state index in [4.69, 9.17) is 0 Å². The standard InChI is InChI=1S/C15H17N5OS2/c1-10-6-11(2)20-13(18-19-15(20)17-10)7-16-14(21)9-22-8-12-4-3-5-23-12/h3-6H,7-9H2,1-2H3,(H,16,21). The minimum Gasteiger partial charge on any atom is -0.348 e. The highest BCUT2D eigenvalue weighted by molar-refractivity contribution is 7.99. The molecule has 3 aromatic heterocycles. The van der Waals surface area contributed by atoms with Crippen molar-refractivity contribution < 1.29 is 4.79 Å². The molecule has 0 aliphatic heterocycles. The van der Waals surface area contributed by atoms with Crippen molar-refractivity contribution in [3.8, 4) is 0 Å². The van der Waals surface area contributed by atoms with E-state index in [0.29, 0.717) is 23.9 Å². The summed E-state index contributed by atoms with van der Waals surface area (Å²) in [5, 5.41) is 13.1. The first kappa shape index (κ1) is 15.9. The van der Waals surface area contributed by atoms with Crippen LogP contribution in [0.4, 0.5) is 0 Å². The van der Waals surface area contributed by atoms with Crippen LogP contribution >= 0.6 is 23.1 Å². The fraction of sp³-hybridized carbons (Fsp3) is 0.333. The number of nitrogens with one attached hydrogen (secondary N) is 1. The fourth-order valence-electron chi connectivity index (χ4n) is 2.28. The summed E-state index contributed by atoms with van der Waals surface area (Å²) in [6.45, 7) is 4.26. The number of nitrogens with zero attached hydrogens (tertiary/aromatic N) is 4. The number of carbonyl (C=O) groups is 1. The second-order valence-corrected chi connectivity index (χ2v) is 7.16. The third-order valence-corrected chi connectivity index (χ3v) is 5.30. The van der Waals surface area contributed by atoms with Crippen LogP contribution in [-0.4, -0.2) is 31.2 Å². The first-order chi connectivity index (χ1) is 11.1. The van der Waals surface area contributed by atoms with Gasteiger partial charge in [-0.2, -0.15) is 0 Å². The van der Waals surface area contributed by atoms with Crippen LogP contribution in [0.25, 0.3) is 5.78 Å². The van der Waals surface area contributed by atoms with E-state index in [2.05, 4.69) is 26.6 Å². The Bertz CT molecular complexity index is 813. The summed E-state index contributed by atoms with van der Waals surface area (Å²) in [7, 11) is 0. The minimum absolute atomic E-state index is 0.000954. The summed E-state index contributed by atoms with van der Waals surface area (Å²) in [6.07, 6.45) is 0. The van der Waals surface area contributed by atoms with Crippen molar-refractivity contribution in [2.24, 2.45) is 0 Å². The smallest absolute Gasteiger partial charge is 0.255 e. The Morgan fingerprint density at radius 2 is 2.26 bits per heavy atom. The number of aryl methyl sites for hydroxylation is 2. The van der Waals surface area contributed by atoms with Crippen LogP contribution in [0.5, 0.6) is 0 Å². The Morgan fingerprint density at radius 1 is 1.39 bits per heavy atom. The third-order valence-electron chi connectivity index (χ3n) is 3.26. The second kappa shape index (κ2) is 7.10. The largest absolute Gasteiger partial charge is 0.348 e. The van der Waals surface area contributed by atoms with Gasteiger partial charge in [0.1, 0.15) is 0 Å². The van der Waals surface area contributed by atoms with Gasteiger partial charge in [0.15, 0.2) is 5.82 Å². The molecule has 0 atom stereocenters. The zero-order chi connectivity index (χ0) is 16.2. The molecule has 1 N–H and O–H groups in total. The molecule has 0 aromatic carbocycles. The lowest BCUT2D eigenvalue weighted by atomic mass is 10.3. The van der Waals surface area contributed by atoms with E-state index < -0.39 is 0 Å². The van der Waals surface area contributed by atoms with Crippen LogP contribution in [0.1, 0.15) is 22.1 Å². The average molecular weight is 347 g/mol. The van der Waals surface area contributed by atoms with E-state index in [9.17, 15) is 4.79 Å². The quantitative estimate of drug-likeness (QED) is 0.741. The van der Waals surface area contributed by atoms with E-state index in [1.165, 1.54) is 4.88 Å². The highest BCUT2D eigenvalue weighted by atomic mass is 32.2. The topological polar surface area (TPSA) is 72.2 Å². The summed E-state index contributed by atoms with van der Waals surface area (Å²) in [5.74, 6) is 2.56. The van der Waals surface area contributed by atoms with Gasteiger partial charge in [-0.1, -0.05) is 6.07 Å². The van der Waals surface area contributed by atoms with E-state index >= 15 is 0 Å². The Kier molecular flexibility index (Phi) is 4.92. The number of hydrogen-bond donors (Lipinski definition) is 1. The molecule has 3 aromatic rings. The number of hydrogen-bond acceptors (Lipinski definition) is 6. The number of aromatic nitrogens is 4. The number of thioether (sulfide) groups is 1. The van der Waals surface area contributed by atoms with E-state index in [1.807, 2.05) is 35.8 Å². The van der Waals surface area contributed by atoms with Gasteiger partial charge in [0, 0.05) is 22.0 Å². The number of carbonyl (C=O) groups excluding carboxylic acids is 1. The fourth-order valence-corrected chi connectivity index (χ4v) is 3.98. The van der Waals surface area contributed by atoms with E-state index in [-0.39, 0.29) is 5.91 Å². The van der Waals surface area contributed by atoms with Gasteiger partial charge in [-0.05, 0) is 31.4 Å². The number of thiophene rings is 1. The number of fused-ring (bicyclic) bond motifs is 1. The molecule has 0 saturated heterocycles. The van der Waals surface area contributed by atoms with Crippen molar-refractivity contribution in [1.29, 1.82) is 0 Å². The SMILES string of the molecule is Cc1cc(C)n2c(CNC(=O)CSCc3cccs3)nnc2n1. The van der Waals surface area contributed by atoms with Crippen molar-refractivity contribution in [3.63, 3.8) is 0 Å². The van der Waals surface area contributed by atoms with Crippen LogP contribution in [0, 0.1) is 13.8 Å². The summed E-state index contributed by atoms with van der Waals surface area (Å²) in [6, 6.07) is 6.07. The monoisotopic (exact) mass is 347 g/mol. The predicted molar refractivity (Wildman–Crippen MR) is 92.6 cm³/mol. The summed E-state index contributed by atoms with van der Waals surface area (Å²) in [4.78, 5) is 17.6. The molecule has 0 aliphatic rings. The van der Waals surface area contributed by atoms with Crippen molar-refractivity contribution in [2.75, 3.05) is 5.75 Å². The first-order valence-electron chi connectivity index (χ1n) is 7.18. The van der Waals surface area contributed by atoms with E-state index in [1.54, 1.807) is 23.1 Å². The molecule has 0 spiro atoms. The Morgan fingerprint density at radius 3 is 3.04 bits per heavy atom. The number of amides is 1. The molecule has 3 rings (SSSR count). The maximum Gasteiger partial charge on any atom is 0.255 e. The van der Waals surface area contributed by atoms with Gasteiger partial charge in [0.05, 0.1) is 12.3 Å². The van der Waals surface area contributed by atoms with Gasteiger partial charge in [0.2, 0.25) is 5.91 Å². The molecule has 0 bridgehead atoms. The summed E-state index contributed by atoms with van der Waals surface area (Å²) in [5.41, 5.74) is 1.91. The second-order valence-electron chi connectivity index (χ2n) is 5.14. The highest BCUT2D eigenvalue weighted by Gasteiger charge is 2.11. The average Bonchev–Trinajstić information content (AvgIpc) is 3.14. The molecule has 120 valence electrons. The first-order valence-corrected chi connectivity index (χ1v) is 9.22. The van der Waals surface area contributed by atoms with Gasteiger partial charge in [-0.3, -0.25) is 9.20 Å². The molecule has 8 heteroatoms. The molecule has 0 saturated carbocycles. The molecular weight excluding hydrogens is 330 g/mol. The molecule has 3 heterocycles. The van der Waals surface area contributed by atoms with Crippen molar-refractivity contribution in [2.45, 2.75) is 26.1 Å². The zero-order valence-corrected chi connectivity index (χ0v) is 14.6. The molecule has 0 unspecified atom stereocenters. The van der Waals surface area contributed by atoms with Crippen LogP contribution in [0.2, 0.25) is 0 Å². The van der Waals surface area contributed by atoms with Crippen molar-refractivity contribution in [1.82, 2.24) is 24.9 Å². The molecular formula is C15H17N5OS2. The van der Waals surface area contributed by atoms with Crippen molar-refractivity contribution in [3.05, 3.63) is 45.7 Å². The maximum atomic E-state index is 11.9. The van der Waals surface area contributed by atoms with Crippen LogP contribution in [-0.2, 0) is 17.1 Å². The van der Waals surface area contributed by atoms with Gasteiger partial charge in [-0.25, -0.2) is 4.98 Å². The highest BCUT2D eigenvalue weighted by Crippen LogP contribution is 2.16. The minimum atomic E-state index is 0.000954. The van der Waals surface area contributed by atoms with Crippen LogP contribution in [0.3, 0.4) is 0 Å². The number of rotatable bonds is 6. The Balaban J connectivity index is 1.55. The Hall–Kier alpha value is -1.93. The van der Waals surface area contributed by atoms with Gasteiger partial charge >= 0.3 is 0 Å². The summed E-state index contributed by atoms with van der Waals surface area (Å²) >= 11 is 3.32. The molecule has 0 fully saturated rings. The van der Waals surface area contributed by atoms with Gasteiger partial charge in [0.25, 0.3) is 5.78 Å². The van der Waals surface area contributed by atoms with E-state index in [0.717, 1.165) is 17.1 Å². The Labute approximate surface area is 142 Å². The molecule has 1 amide bonds. The molecule has 0 radical (unpaired) electrons. The molecule has 6 nitrogen and oxygen atoms in total. The van der Waals surface area contributed by atoms with Crippen molar-refractivity contribution >= 4 is 34.8 Å².